The Hall–Kier alpha value is -2.01. The van der Waals surface area contributed by atoms with E-state index in [1.165, 1.54) is 6.07 Å². The highest BCUT2D eigenvalue weighted by molar-refractivity contribution is 5.89. The smallest absolute Gasteiger partial charge is 0.139 e. The standard InChI is InChI=1S/C13H9FO/c1-3-11-12-6-5-10(15-2)8-9(12)4-7-13(11)14/h1,4-8H,2H3. The van der Waals surface area contributed by atoms with E-state index in [9.17, 15) is 4.39 Å². The van der Waals surface area contributed by atoms with Gasteiger partial charge in [-0.25, -0.2) is 4.39 Å². The lowest BCUT2D eigenvalue weighted by Gasteiger charge is -2.04. The zero-order chi connectivity index (χ0) is 10.8. The molecule has 0 fully saturated rings. The number of methoxy groups -OCH3 is 1. The van der Waals surface area contributed by atoms with Gasteiger partial charge in [-0.15, -0.1) is 6.42 Å². The molecule has 0 aliphatic rings. The summed E-state index contributed by atoms with van der Waals surface area (Å²) in [5.74, 6) is 2.73. The fourth-order valence-electron chi connectivity index (χ4n) is 1.55. The highest BCUT2D eigenvalue weighted by atomic mass is 19.1. The van der Waals surface area contributed by atoms with Crippen molar-refractivity contribution in [3.05, 3.63) is 41.7 Å². The predicted octanol–water partition coefficient (Wildman–Crippen LogP) is 2.97. The number of hydrogen-bond acceptors (Lipinski definition) is 1. The average Bonchev–Trinajstić information content (AvgIpc) is 2.28. The first kappa shape index (κ1) is 9.54. The second-order valence-corrected chi connectivity index (χ2v) is 3.15. The average molecular weight is 200 g/mol. The summed E-state index contributed by atoms with van der Waals surface area (Å²) in [6.07, 6.45) is 5.27. The highest BCUT2D eigenvalue weighted by Gasteiger charge is 2.05. The van der Waals surface area contributed by atoms with Crippen LogP contribution in [0.4, 0.5) is 4.39 Å². The quantitative estimate of drug-likeness (QED) is 0.643. The maximum absolute atomic E-state index is 13.3. The summed E-state index contributed by atoms with van der Waals surface area (Å²) in [6.45, 7) is 0. The van der Waals surface area contributed by atoms with Crippen molar-refractivity contribution in [3.63, 3.8) is 0 Å². The summed E-state index contributed by atoms with van der Waals surface area (Å²) >= 11 is 0. The summed E-state index contributed by atoms with van der Waals surface area (Å²) in [6, 6.07) is 8.43. The Kier molecular flexibility index (Phi) is 2.31. The topological polar surface area (TPSA) is 9.23 Å². The molecule has 0 bridgehead atoms. The second-order valence-electron chi connectivity index (χ2n) is 3.15. The summed E-state index contributed by atoms with van der Waals surface area (Å²) in [4.78, 5) is 0. The fraction of sp³-hybridized carbons (Fsp3) is 0.0769. The van der Waals surface area contributed by atoms with Crippen molar-refractivity contribution in [1.29, 1.82) is 0 Å². The van der Waals surface area contributed by atoms with Crippen molar-refractivity contribution in [2.75, 3.05) is 7.11 Å². The predicted molar refractivity (Wildman–Crippen MR) is 58.4 cm³/mol. The van der Waals surface area contributed by atoms with Gasteiger partial charge >= 0.3 is 0 Å². The molecule has 74 valence electrons. The minimum absolute atomic E-state index is 0.301. The molecule has 0 saturated carbocycles. The molecule has 0 atom stereocenters. The van der Waals surface area contributed by atoms with Gasteiger partial charge in [-0.3, -0.25) is 0 Å². The van der Waals surface area contributed by atoms with Gasteiger partial charge < -0.3 is 4.74 Å². The van der Waals surface area contributed by atoms with Crippen molar-refractivity contribution >= 4 is 10.8 Å². The first-order chi connectivity index (χ1) is 7.26. The van der Waals surface area contributed by atoms with Gasteiger partial charge in [0.25, 0.3) is 0 Å². The molecule has 2 heteroatoms. The molecule has 0 N–H and O–H groups in total. The van der Waals surface area contributed by atoms with Gasteiger partial charge in [0, 0.05) is 5.39 Å². The van der Waals surface area contributed by atoms with Crippen LogP contribution in [0.1, 0.15) is 5.56 Å². The number of rotatable bonds is 1. The van der Waals surface area contributed by atoms with Gasteiger partial charge in [-0.1, -0.05) is 12.0 Å². The van der Waals surface area contributed by atoms with Gasteiger partial charge in [0.1, 0.15) is 11.6 Å². The highest BCUT2D eigenvalue weighted by Crippen LogP contribution is 2.25. The van der Waals surface area contributed by atoms with Crippen LogP contribution in [-0.4, -0.2) is 7.11 Å². The summed E-state index contributed by atoms with van der Waals surface area (Å²) in [5.41, 5.74) is 0.301. The van der Waals surface area contributed by atoms with Gasteiger partial charge in [-0.2, -0.15) is 0 Å². The molecule has 0 amide bonds. The molecule has 0 radical (unpaired) electrons. The van der Waals surface area contributed by atoms with E-state index in [1.54, 1.807) is 25.3 Å². The van der Waals surface area contributed by atoms with E-state index in [-0.39, 0.29) is 5.82 Å². The van der Waals surface area contributed by atoms with E-state index in [0.29, 0.717) is 5.56 Å². The molecule has 0 saturated heterocycles. The largest absolute Gasteiger partial charge is 0.497 e. The van der Waals surface area contributed by atoms with Gasteiger partial charge in [0.15, 0.2) is 0 Å². The molecular weight excluding hydrogens is 191 g/mol. The molecular formula is C13H9FO. The Morgan fingerprint density at radius 1 is 1.27 bits per heavy atom. The lowest BCUT2D eigenvalue weighted by molar-refractivity contribution is 0.415. The van der Waals surface area contributed by atoms with E-state index in [1.807, 2.05) is 6.07 Å². The fourth-order valence-corrected chi connectivity index (χ4v) is 1.55. The van der Waals surface area contributed by atoms with E-state index < -0.39 is 0 Å². The zero-order valence-electron chi connectivity index (χ0n) is 8.25. The number of hydrogen-bond donors (Lipinski definition) is 0. The summed E-state index contributed by atoms with van der Waals surface area (Å²) < 4.78 is 18.4. The molecule has 0 heterocycles. The number of ether oxygens (including phenoxy) is 1. The Morgan fingerprint density at radius 3 is 2.73 bits per heavy atom. The number of fused-ring (bicyclic) bond motifs is 1. The van der Waals surface area contributed by atoms with Gasteiger partial charge in [0.2, 0.25) is 0 Å². The van der Waals surface area contributed by atoms with Crippen molar-refractivity contribution in [2.45, 2.75) is 0 Å². The first-order valence-corrected chi connectivity index (χ1v) is 4.49. The third-order valence-electron chi connectivity index (χ3n) is 2.32. The second kappa shape index (κ2) is 3.62. The number of benzene rings is 2. The van der Waals surface area contributed by atoms with E-state index >= 15 is 0 Å². The van der Waals surface area contributed by atoms with Crippen LogP contribution < -0.4 is 4.74 Å². The number of halogens is 1. The van der Waals surface area contributed by atoms with Crippen molar-refractivity contribution in [1.82, 2.24) is 0 Å². The molecule has 2 aromatic rings. The van der Waals surface area contributed by atoms with Crippen molar-refractivity contribution in [3.8, 4) is 18.1 Å². The molecule has 15 heavy (non-hydrogen) atoms. The van der Waals surface area contributed by atoms with Crippen LogP contribution in [0.2, 0.25) is 0 Å². The first-order valence-electron chi connectivity index (χ1n) is 4.49. The SMILES string of the molecule is C#Cc1c(F)ccc2cc(OC)ccc12. The number of terminal acetylenes is 1. The Balaban J connectivity index is 2.79. The molecule has 0 spiro atoms. The van der Waals surface area contributed by atoms with Crippen LogP contribution in [0.5, 0.6) is 5.75 Å². The lowest BCUT2D eigenvalue weighted by Crippen LogP contribution is -1.87. The van der Waals surface area contributed by atoms with E-state index in [4.69, 9.17) is 11.2 Å². The minimum Gasteiger partial charge on any atom is -0.497 e. The van der Waals surface area contributed by atoms with Crippen LogP contribution in [-0.2, 0) is 0 Å². The molecule has 0 aliphatic carbocycles. The van der Waals surface area contributed by atoms with E-state index in [0.717, 1.165) is 16.5 Å². The third kappa shape index (κ3) is 1.53. The molecule has 0 aromatic heterocycles. The zero-order valence-corrected chi connectivity index (χ0v) is 8.25. The maximum Gasteiger partial charge on any atom is 0.139 e. The van der Waals surface area contributed by atoms with Gasteiger partial charge in [-0.05, 0) is 29.7 Å². The maximum atomic E-state index is 13.3. The van der Waals surface area contributed by atoms with Crippen molar-refractivity contribution in [2.24, 2.45) is 0 Å². The van der Waals surface area contributed by atoms with Crippen LogP contribution in [0.25, 0.3) is 10.8 Å². The van der Waals surface area contributed by atoms with Crippen LogP contribution in [0.3, 0.4) is 0 Å². The third-order valence-corrected chi connectivity index (χ3v) is 2.32. The Labute approximate surface area is 87.5 Å². The summed E-state index contributed by atoms with van der Waals surface area (Å²) in [7, 11) is 1.59. The Bertz CT molecular complexity index is 552. The molecule has 0 unspecified atom stereocenters. The Morgan fingerprint density at radius 2 is 2.07 bits per heavy atom. The molecule has 0 aliphatic heterocycles. The normalized spacial score (nSPS) is 9.93. The van der Waals surface area contributed by atoms with Crippen LogP contribution in [0, 0.1) is 18.2 Å². The van der Waals surface area contributed by atoms with Gasteiger partial charge in [0.05, 0.1) is 12.7 Å². The minimum atomic E-state index is -0.366. The van der Waals surface area contributed by atoms with Crippen LogP contribution in [0.15, 0.2) is 30.3 Å². The molecule has 2 aromatic carbocycles. The lowest BCUT2D eigenvalue weighted by atomic mass is 10.0. The molecule has 2 rings (SSSR count). The molecule has 1 nitrogen and oxygen atoms in total. The summed E-state index contributed by atoms with van der Waals surface area (Å²) in [5, 5.41) is 1.61. The van der Waals surface area contributed by atoms with E-state index in [2.05, 4.69) is 5.92 Å². The van der Waals surface area contributed by atoms with Crippen molar-refractivity contribution < 1.29 is 9.13 Å². The monoisotopic (exact) mass is 200 g/mol. The van der Waals surface area contributed by atoms with Crippen LogP contribution >= 0.6 is 0 Å².